The van der Waals surface area contributed by atoms with Gasteiger partial charge in [0.25, 0.3) is 0 Å². The Kier molecular flexibility index (Phi) is 3.08. The van der Waals surface area contributed by atoms with E-state index in [1.165, 1.54) is 0 Å². The normalized spacial score (nSPS) is 12.7. The molecule has 0 aliphatic rings. The third-order valence-corrected chi connectivity index (χ3v) is 3.36. The van der Waals surface area contributed by atoms with Gasteiger partial charge < -0.3 is 5.73 Å². The van der Waals surface area contributed by atoms with Gasteiger partial charge in [0.2, 0.25) is 0 Å². The molecule has 78 valence electrons. The molecule has 2 rings (SSSR count). The zero-order valence-electron chi connectivity index (χ0n) is 8.55. The van der Waals surface area contributed by atoms with Crippen LogP contribution >= 0.6 is 11.3 Å². The summed E-state index contributed by atoms with van der Waals surface area (Å²) in [6, 6.07) is 5.94. The van der Waals surface area contributed by atoms with Gasteiger partial charge in [-0.05, 0) is 12.1 Å². The van der Waals surface area contributed by atoms with Gasteiger partial charge in [-0.2, -0.15) is 0 Å². The summed E-state index contributed by atoms with van der Waals surface area (Å²) in [6.45, 7) is 2.62. The molecule has 0 saturated carbocycles. The maximum Gasteiger partial charge on any atom is 0.102 e. The van der Waals surface area contributed by atoms with Crippen molar-refractivity contribution in [2.24, 2.45) is 5.73 Å². The van der Waals surface area contributed by atoms with Crippen molar-refractivity contribution in [1.29, 1.82) is 0 Å². The third kappa shape index (κ3) is 2.22. The molecule has 0 aromatic carbocycles. The topological polar surface area (TPSA) is 51.8 Å². The van der Waals surface area contributed by atoms with Crippen LogP contribution in [0.25, 0.3) is 0 Å². The van der Waals surface area contributed by atoms with E-state index < -0.39 is 0 Å². The first-order valence-corrected chi connectivity index (χ1v) is 5.74. The highest BCUT2D eigenvalue weighted by molar-refractivity contribution is 7.09. The second kappa shape index (κ2) is 4.51. The Morgan fingerprint density at radius 1 is 1.47 bits per heavy atom. The first-order valence-electron chi connectivity index (χ1n) is 4.86. The monoisotopic (exact) mass is 219 g/mol. The molecule has 0 saturated heterocycles. The maximum atomic E-state index is 5.53. The van der Waals surface area contributed by atoms with Gasteiger partial charge in [-0.15, -0.1) is 11.3 Å². The molecule has 0 radical (unpaired) electrons. The van der Waals surface area contributed by atoms with Crippen LogP contribution < -0.4 is 5.73 Å². The molecule has 4 heteroatoms. The van der Waals surface area contributed by atoms with E-state index in [4.69, 9.17) is 5.73 Å². The molecular formula is C11H13N3S. The van der Waals surface area contributed by atoms with Crippen molar-refractivity contribution in [2.75, 3.05) is 0 Å². The Balaban J connectivity index is 2.24. The smallest absolute Gasteiger partial charge is 0.102 e. The Labute approximate surface area is 93.0 Å². The average Bonchev–Trinajstić information content (AvgIpc) is 2.78. The van der Waals surface area contributed by atoms with E-state index in [1.807, 2.05) is 29.8 Å². The number of aromatic nitrogens is 2. The van der Waals surface area contributed by atoms with Crippen LogP contribution in [0.4, 0.5) is 0 Å². The zero-order chi connectivity index (χ0) is 10.7. The van der Waals surface area contributed by atoms with Gasteiger partial charge in [-0.1, -0.05) is 13.0 Å². The van der Waals surface area contributed by atoms with Crippen molar-refractivity contribution in [3.63, 3.8) is 0 Å². The highest BCUT2D eigenvalue weighted by Crippen LogP contribution is 2.25. The second-order valence-electron chi connectivity index (χ2n) is 3.36. The predicted molar refractivity (Wildman–Crippen MR) is 61.8 cm³/mol. The van der Waals surface area contributed by atoms with Gasteiger partial charge in [0.1, 0.15) is 5.01 Å². The lowest BCUT2D eigenvalue weighted by molar-refractivity contribution is 0.844. The first-order chi connectivity index (χ1) is 7.31. The van der Waals surface area contributed by atoms with Gasteiger partial charge in [0, 0.05) is 23.8 Å². The van der Waals surface area contributed by atoms with Crippen molar-refractivity contribution in [1.82, 2.24) is 9.97 Å². The molecule has 0 bridgehead atoms. The van der Waals surface area contributed by atoms with Crippen LogP contribution in [0.1, 0.15) is 29.2 Å². The summed E-state index contributed by atoms with van der Waals surface area (Å²) in [7, 11) is 0. The minimum absolute atomic E-state index is 0.247. The molecule has 0 aliphatic heterocycles. The summed E-state index contributed by atoms with van der Waals surface area (Å²) >= 11 is 1.65. The number of pyridine rings is 1. The lowest BCUT2D eigenvalue weighted by atomic mass is 10.1. The Hall–Kier alpha value is -1.26. The molecule has 0 spiro atoms. The standard InChI is InChI=1S/C11H13N3S/c1-8(10-4-2-3-5-13-10)11-14-9(6-12)7-15-11/h2-5,7-8H,6,12H2,1H3. The van der Waals surface area contributed by atoms with Crippen LogP contribution in [-0.4, -0.2) is 9.97 Å². The van der Waals surface area contributed by atoms with Crippen LogP contribution in [-0.2, 0) is 6.54 Å². The molecular weight excluding hydrogens is 206 g/mol. The predicted octanol–water partition coefficient (Wildman–Crippen LogP) is 2.15. The van der Waals surface area contributed by atoms with Crippen molar-refractivity contribution >= 4 is 11.3 Å². The summed E-state index contributed by atoms with van der Waals surface area (Å²) in [6.07, 6.45) is 1.81. The molecule has 2 aromatic heterocycles. The van der Waals surface area contributed by atoms with Crippen LogP contribution in [0, 0.1) is 0 Å². The van der Waals surface area contributed by atoms with Crippen molar-refractivity contribution < 1.29 is 0 Å². The van der Waals surface area contributed by atoms with Crippen LogP contribution in [0.15, 0.2) is 29.8 Å². The summed E-state index contributed by atoms with van der Waals surface area (Å²) in [4.78, 5) is 8.78. The largest absolute Gasteiger partial charge is 0.325 e. The van der Waals surface area contributed by atoms with Crippen LogP contribution in [0.5, 0.6) is 0 Å². The first kappa shape index (κ1) is 10.3. The molecule has 0 fully saturated rings. The summed E-state index contributed by atoms with van der Waals surface area (Å²) in [5.41, 5.74) is 7.54. The highest BCUT2D eigenvalue weighted by atomic mass is 32.1. The van der Waals surface area contributed by atoms with E-state index in [2.05, 4.69) is 16.9 Å². The minimum Gasteiger partial charge on any atom is -0.325 e. The zero-order valence-corrected chi connectivity index (χ0v) is 9.37. The van der Waals surface area contributed by atoms with Gasteiger partial charge >= 0.3 is 0 Å². The van der Waals surface area contributed by atoms with E-state index in [0.717, 1.165) is 16.4 Å². The van der Waals surface area contributed by atoms with Crippen molar-refractivity contribution in [3.05, 3.63) is 46.2 Å². The van der Waals surface area contributed by atoms with Crippen LogP contribution in [0.3, 0.4) is 0 Å². The molecule has 15 heavy (non-hydrogen) atoms. The number of hydrogen-bond donors (Lipinski definition) is 1. The second-order valence-corrected chi connectivity index (χ2v) is 4.25. The number of hydrogen-bond acceptors (Lipinski definition) is 4. The van der Waals surface area contributed by atoms with E-state index in [1.54, 1.807) is 11.3 Å². The number of nitrogens with zero attached hydrogens (tertiary/aromatic N) is 2. The average molecular weight is 219 g/mol. The lowest BCUT2D eigenvalue weighted by Crippen LogP contribution is -2.00. The summed E-state index contributed by atoms with van der Waals surface area (Å²) in [5.74, 6) is 0.247. The highest BCUT2D eigenvalue weighted by Gasteiger charge is 2.12. The van der Waals surface area contributed by atoms with Crippen LogP contribution in [0.2, 0.25) is 0 Å². The molecule has 2 heterocycles. The fourth-order valence-electron chi connectivity index (χ4n) is 1.37. The number of rotatable bonds is 3. The quantitative estimate of drug-likeness (QED) is 0.860. The number of thiazole rings is 1. The fourth-order valence-corrected chi connectivity index (χ4v) is 2.27. The van der Waals surface area contributed by atoms with Gasteiger partial charge in [0.05, 0.1) is 11.6 Å². The third-order valence-electron chi connectivity index (χ3n) is 2.28. The fraction of sp³-hybridized carbons (Fsp3) is 0.273. The molecule has 0 amide bonds. The summed E-state index contributed by atoms with van der Waals surface area (Å²) < 4.78 is 0. The minimum atomic E-state index is 0.247. The Morgan fingerprint density at radius 3 is 2.93 bits per heavy atom. The van der Waals surface area contributed by atoms with Crippen molar-refractivity contribution in [2.45, 2.75) is 19.4 Å². The Morgan fingerprint density at radius 2 is 2.33 bits per heavy atom. The molecule has 0 aliphatic carbocycles. The lowest BCUT2D eigenvalue weighted by Gasteiger charge is -2.06. The molecule has 1 atom stereocenters. The van der Waals surface area contributed by atoms with E-state index in [0.29, 0.717) is 6.54 Å². The molecule has 1 unspecified atom stereocenters. The van der Waals surface area contributed by atoms with E-state index >= 15 is 0 Å². The number of nitrogens with two attached hydrogens (primary N) is 1. The molecule has 2 aromatic rings. The van der Waals surface area contributed by atoms with Gasteiger partial charge in [-0.25, -0.2) is 4.98 Å². The molecule has 2 N–H and O–H groups in total. The SMILES string of the molecule is CC(c1ccccn1)c1nc(CN)cs1. The molecule has 3 nitrogen and oxygen atoms in total. The van der Waals surface area contributed by atoms with Gasteiger partial charge in [-0.3, -0.25) is 4.98 Å². The maximum absolute atomic E-state index is 5.53. The van der Waals surface area contributed by atoms with E-state index in [-0.39, 0.29) is 5.92 Å². The van der Waals surface area contributed by atoms with Crippen molar-refractivity contribution in [3.8, 4) is 0 Å². The summed E-state index contributed by atoms with van der Waals surface area (Å²) in [5, 5.41) is 3.09. The van der Waals surface area contributed by atoms with E-state index in [9.17, 15) is 0 Å². The Bertz CT molecular complexity index is 424. The van der Waals surface area contributed by atoms with Gasteiger partial charge in [0.15, 0.2) is 0 Å².